The Kier molecular flexibility index (Phi) is 5.27. The van der Waals surface area contributed by atoms with Crippen LogP contribution in [0.4, 0.5) is 0 Å². The highest BCUT2D eigenvalue weighted by Gasteiger charge is 2.45. The van der Waals surface area contributed by atoms with Gasteiger partial charge in [-0.15, -0.1) is 0 Å². The van der Waals surface area contributed by atoms with E-state index in [-0.39, 0.29) is 0 Å². The van der Waals surface area contributed by atoms with E-state index in [4.69, 9.17) is 4.74 Å². The van der Waals surface area contributed by atoms with Gasteiger partial charge in [0.1, 0.15) is 5.54 Å². The van der Waals surface area contributed by atoms with Gasteiger partial charge in [0.05, 0.1) is 7.11 Å². The Hall–Kier alpha value is -0.660. The molecule has 0 unspecified atom stereocenters. The Balaban J connectivity index is 2.13. The van der Waals surface area contributed by atoms with Crippen molar-refractivity contribution >= 4 is 16.2 Å². The van der Waals surface area contributed by atoms with E-state index >= 15 is 0 Å². The van der Waals surface area contributed by atoms with E-state index < -0.39 is 21.7 Å². The topological polar surface area (TPSA) is 75.7 Å². The van der Waals surface area contributed by atoms with Crippen LogP contribution in [0, 0.1) is 5.92 Å². The lowest BCUT2D eigenvalue weighted by molar-refractivity contribution is -0.149. The molecule has 2 rings (SSSR count). The number of hydrogen-bond donors (Lipinski definition) is 1. The van der Waals surface area contributed by atoms with E-state index in [1.165, 1.54) is 11.4 Å². The third-order valence-electron chi connectivity index (χ3n) is 4.69. The van der Waals surface area contributed by atoms with Gasteiger partial charge >= 0.3 is 5.97 Å². The maximum atomic E-state index is 12.6. The first-order valence-corrected chi connectivity index (χ1v) is 9.21. The zero-order valence-electron chi connectivity index (χ0n) is 12.9. The van der Waals surface area contributed by atoms with Crippen molar-refractivity contribution in [3.05, 3.63) is 0 Å². The molecule has 2 fully saturated rings. The van der Waals surface area contributed by atoms with Crippen molar-refractivity contribution in [1.29, 1.82) is 0 Å². The van der Waals surface area contributed by atoms with Gasteiger partial charge in [0.15, 0.2) is 0 Å². The predicted molar refractivity (Wildman–Crippen MR) is 79.9 cm³/mol. The maximum Gasteiger partial charge on any atom is 0.327 e. The number of carbonyl (C=O) groups is 1. The molecular weight excluding hydrogens is 292 g/mol. The minimum atomic E-state index is -3.64. The van der Waals surface area contributed by atoms with Crippen LogP contribution >= 0.6 is 0 Å². The molecule has 0 aromatic rings. The number of esters is 1. The van der Waals surface area contributed by atoms with Crippen molar-refractivity contribution in [1.82, 2.24) is 9.03 Å². The molecule has 1 saturated heterocycles. The summed E-state index contributed by atoms with van der Waals surface area (Å²) in [6, 6.07) is 0. The molecule has 1 heterocycles. The standard InChI is InChI=1S/C14H26N2O4S/c1-12-6-10-16(11-7-12)21(18,19)15-14(13(17)20-2)8-4-3-5-9-14/h12,15H,3-11H2,1-2H3. The van der Waals surface area contributed by atoms with Gasteiger partial charge in [-0.2, -0.15) is 17.4 Å². The molecule has 21 heavy (non-hydrogen) atoms. The molecule has 0 aromatic carbocycles. The summed E-state index contributed by atoms with van der Waals surface area (Å²) in [7, 11) is -2.32. The number of rotatable bonds is 4. The van der Waals surface area contributed by atoms with Gasteiger partial charge in [-0.05, 0) is 31.6 Å². The molecule has 1 N–H and O–H groups in total. The molecule has 1 saturated carbocycles. The van der Waals surface area contributed by atoms with Gasteiger partial charge in [-0.3, -0.25) is 4.79 Å². The summed E-state index contributed by atoms with van der Waals surface area (Å²) >= 11 is 0. The molecule has 0 bridgehead atoms. The van der Waals surface area contributed by atoms with Crippen molar-refractivity contribution < 1.29 is 17.9 Å². The first-order valence-electron chi connectivity index (χ1n) is 7.77. The maximum absolute atomic E-state index is 12.6. The summed E-state index contributed by atoms with van der Waals surface area (Å²) in [4.78, 5) is 12.1. The van der Waals surface area contributed by atoms with Crippen LogP contribution < -0.4 is 4.72 Å². The summed E-state index contributed by atoms with van der Waals surface area (Å²) in [5.74, 6) is 0.0943. The second-order valence-corrected chi connectivity index (χ2v) is 7.99. The Labute approximate surface area is 127 Å². The summed E-state index contributed by atoms with van der Waals surface area (Å²) < 4.78 is 34.2. The minimum absolute atomic E-state index is 0.462. The van der Waals surface area contributed by atoms with E-state index in [9.17, 15) is 13.2 Å². The number of methoxy groups -OCH3 is 1. The molecule has 0 atom stereocenters. The quantitative estimate of drug-likeness (QED) is 0.796. The second-order valence-electron chi connectivity index (χ2n) is 6.32. The molecule has 122 valence electrons. The zero-order chi connectivity index (χ0) is 15.5. The molecular formula is C14H26N2O4S. The molecule has 1 aliphatic heterocycles. The van der Waals surface area contributed by atoms with E-state index in [2.05, 4.69) is 11.6 Å². The van der Waals surface area contributed by atoms with Crippen LogP contribution in [0.2, 0.25) is 0 Å². The minimum Gasteiger partial charge on any atom is -0.468 e. The fraction of sp³-hybridized carbons (Fsp3) is 0.929. The SMILES string of the molecule is COC(=O)C1(NS(=O)(=O)N2CCC(C)CC2)CCCCC1. The van der Waals surface area contributed by atoms with Gasteiger partial charge in [0.2, 0.25) is 0 Å². The molecule has 0 radical (unpaired) electrons. The van der Waals surface area contributed by atoms with Crippen molar-refractivity contribution in [2.45, 2.75) is 57.4 Å². The van der Waals surface area contributed by atoms with Crippen LogP contribution in [0.25, 0.3) is 0 Å². The zero-order valence-corrected chi connectivity index (χ0v) is 13.7. The number of carbonyl (C=O) groups excluding carboxylic acids is 1. The monoisotopic (exact) mass is 318 g/mol. The van der Waals surface area contributed by atoms with Crippen molar-refractivity contribution in [2.75, 3.05) is 20.2 Å². The molecule has 0 aromatic heterocycles. The van der Waals surface area contributed by atoms with Crippen molar-refractivity contribution in [3.63, 3.8) is 0 Å². The van der Waals surface area contributed by atoms with E-state index in [1.807, 2.05) is 0 Å². The van der Waals surface area contributed by atoms with Crippen LogP contribution in [0.3, 0.4) is 0 Å². The summed E-state index contributed by atoms with van der Waals surface area (Å²) in [6.45, 7) is 3.18. The number of piperidine rings is 1. The fourth-order valence-corrected chi connectivity index (χ4v) is 4.84. The smallest absolute Gasteiger partial charge is 0.327 e. The van der Waals surface area contributed by atoms with E-state index in [1.54, 1.807) is 0 Å². The van der Waals surface area contributed by atoms with Crippen molar-refractivity contribution in [3.8, 4) is 0 Å². The summed E-state index contributed by atoms with van der Waals surface area (Å²) in [5.41, 5.74) is -1.07. The van der Waals surface area contributed by atoms with Crippen LogP contribution in [-0.2, 0) is 19.7 Å². The molecule has 6 nitrogen and oxygen atoms in total. The third kappa shape index (κ3) is 3.76. The van der Waals surface area contributed by atoms with Gasteiger partial charge in [0.25, 0.3) is 10.2 Å². The van der Waals surface area contributed by atoms with Gasteiger partial charge in [-0.25, -0.2) is 0 Å². The summed E-state index contributed by atoms with van der Waals surface area (Å²) in [5, 5.41) is 0. The summed E-state index contributed by atoms with van der Waals surface area (Å²) in [6.07, 6.45) is 5.48. The number of nitrogens with zero attached hydrogens (tertiary/aromatic N) is 1. The number of ether oxygens (including phenoxy) is 1. The molecule has 1 aliphatic carbocycles. The Morgan fingerprint density at radius 2 is 1.76 bits per heavy atom. The highest BCUT2D eigenvalue weighted by molar-refractivity contribution is 7.87. The predicted octanol–water partition coefficient (Wildman–Crippen LogP) is 1.43. The van der Waals surface area contributed by atoms with Crippen molar-refractivity contribution in [2.24, 2.45) is 5.92 Å². The van der Waals surface area contributed by atoms with Crippen LogP contribution in [-0.4, -0.2) is 44.4 Å². The van der Waals surface area contributed by atoms with Gasteiger partial charge in [-0.1, -0.05) is 26.2 Å². The largest absolute Gasteiger partial charge is 0.468 e. The fourth-order valence-electron chi connectivity index (χ4n) is 3.24. The van der Waals surface area contributed by atoms with Crippen LogP contribution in [0.15, 0.2) is 0 Å². The highest BCUT2D eigenvalue weighted by atomic mass is 32.2. The molecule has 2 aliphatic rings. The molecule has 0 amide bonds. The lowest BCUT2D eigenvalue weighted by atomic mass is 9.83. The molecule has 7 heteroatoms. The third-order valence-corrected chi connectivity index (χ3v) is 6.38. The van der Waals surface area contributed by atoms with Crippen LogP contribution in [0.5, 0.6) is 0 Å². The normalized spacial score (nSPS) is 24.7. The Bertz CT molecular complexity index is 463. The van der Waals surface area contributed by atoms with Gasteiger partial charge < -0.3 is 4.74 Å². The lowest BCUT2D eigenvalue weighted by Crippen LogP contribution is -2.59. The Morgan fingerprint density at radius 3 is 2.29 bits per heavy atom. The number of nitrogens with one attached hydrogen (secondary N) is 1. The van der Waals surface area contributed by atoms with E-state index in [0.717, 1.165) is 32.1 Å². The first kappa shape index (κ1) is 16.7. The Morgan fingerprint density at radius 1 is 1.19 bits per heavy atom. The average molecular weight is 318 g/mol. The highest BCUT2D eigenvalue weighted by Crippen LogP contribution is 2.31. The first-order chi connectivity index (χ1) is 9.89. The lowest BCUT2D eigenvalue weighted by Gasteiger charge is -2.38. The molecule has 0 spiro atoms. The number of hydrogen-bond acceptors (Lipinski definition) is 4. The van der Waals surface area contributed by atoms with E-state index in [0.29, 0.717) is 31.8 Å². The van der Waals surface area contributed by atoms with Gasteiger partial charge in [0, 0.05) is 13.1 Å². The average Bonchev–Trinajstić information content (AvgIpc) is 2.47. The van der Waals surface area contributed by atoms with Crippen LogP contribution in [0.1, 0.15) is 51.9 Å². The second kappa shape index (κ2) is 6.62.